The van der Waals surface area contributed by atoms with E-state index in [0.717, 1.165) is 47.1 Å². The summed E-state index contributed by atoms with van der Waals surface area (Å²) in [6.45, 7) is 2.29. The third-order valence-electron chi connectivity index (χ3n) is 6.10. The van der Waals surface area contributed by atoms with Crippen LogP contribution < -0.4 is 10.1 Å². The van der Waals surface area contributed by atoms with Crippen LogP contribution in [0.15, 0.2) is 36.5 Å². The lowest BCUT2D eigenvalue weighted by Gasteiger charge is -2.09. The van der Waals surface area contributed by atoms with Gasteiger partial charge in [0.1, 0.15) is 17.2 Å². The summed E-state index contributed by atoms with van der Waals surface area (Å²) >= 11 is 0. The molecule has 2 N–H and O–H groups in total. The largest absolute Gasteiger partial charge is 0.496 e. The van der Waals surface area contributed by atoms with Gasteiger partial charge in [-0.25, -0.2) is 9.37 Å². The van der Waals surface area contributed by atoms with Crippen molar-refractivity contribution in [2.24, 2.45) is 11.8 Å². The molecule has 26 heavy (non-hydrogen) atoms. The molecule has 5 rings (SSSR count). The number of ether oxygens (including phenoxy) is 1. The lowest BCUT2D eigenvalue weighted by Crippen LogP contribution is -2.11. The van der Waals surface area contributed by atoms with Gasteiger partial charge in [-0.05, 0) is 79.6 Å². The van der Waals surface area contributed by atoms with Crippen molar-refractivity contribution in [2.75, 3.05) is 20.2 Å². The Kier molecular flexibility index (Phi) is 3.71. The molecule has 1 aliphatic heterocycles. The van der Waals surface area contributed by atoms with E-state index in [9.17, 15) is 4.39 Å². The van der Waals surface area contributed by atoms with Crippen molar-refractivity contribution >= 4 is 11.0 Å². The molecule has 0 amide bonds. The molecule has 4 nitrogen and oxygen atoms in total. The Labute approximate surface area is 151 Å². The van der Waals surface area contributed by atoms with Crippen LogP contribution in [0.25, 0.3) is 22.2 Å². The molecule has 1 aliphatic carbocycles. The van der Waals surface area contributed by atoms with Crippen molar-refractivity contribution in [1.82, 2.24) is 15.3 Å². The van der Waals surface area contributed by atoms with Crippen LogP contribution in [0.1, 0.15) is 24.5 Å². The maximum Gasteiger partial charge on any atom is 0.138 e. The quantitative estimate of drug-likeness (QED) is 0.747. The maximum atomic E-state index is 13.9. The van der Waals surface area contributed by atoms with E-state index in [-0.39, 0.29) is 5.82 Å². The molecule has 0 spiro atoms. The minimum Gasteiger partial charge on any atom is -0.496 e. The highest BCUT2D eigenvalue weighted by Gasteiger charge is 2.38. The average molecular weight is 351 g/mol. The highest BCUT2D eigenvalue weighted by Crippen LogP contribution is 2.45. The summed E-state index contributed by atoms with van der Waals surface area (Å²) in [5.74, 6) is 2.55. The number of fused-ring (bicyclic) bond motifs is 2. The zero-order valence-corrected chi connectivity index (χ0v) is 14.8. The van der Waals surface area contributed by atoms with E-state index in [1.807, 2.05) is 6.07 Å². The molecule has 2 fully saturated rings. The summed E-state index contributed by atoms with van der Waals surface area (Å²) < 4.78 is 19.3. The van der Waals surface area contributed by atoms with Crippen LogP contribution in [0.2, 0.25) is 0 Å². The minimum absolute atomic E-state index is 0.266. The Morgan fingerprint density at radius 3 is 2.65 bits per heavy atom. The number of aromatic nitrogens is 2. The first-order valence-electron chi connectivity index (χ1n) is 9.25. The molecule has 3 aromatic rings. The molecule has 1 aromatic carbocycles. The molecule has 2 unspecified atom stereocenters. The van der Waals surface area contributed by atoms with Crippen LogP contribution in [0.5, 0.6) is 5.75 Å². The maximum absolute atomic E-state index is 13.9. The second kappa shape index (κ2) is 6.09. The molecule has 3 heterocycles. The number of nitrogens with zero attached hydrogens (tertiary/aromatic N) is 1. The standard InChI is InChI=1S/C21H22FN3O/c1-26-20-3-2-15(22)8-17(20)16-4-5-24-21-18(16)9-19(25-21)12-6-13-10-23-11-14(13)7-12/h2-5,8-9,12-14,23H,6-7,10-11H2,1H3,(H,24,25). The van der Waals surface area contributed by atoms with Crippen molar-refractivity contribution in [1.29, 1.82) is 0 Å². The van der Waals surface area contributed by atoms with Gasteiger partial charge >= 0.3 is 0 Å². The summed E-state index contributed by atoms with van der Waals surface area (Å²) in [7, 11) is 1.61. The predicted octanol–water partition coefficient (Wildman–Crippen LogP) is 4.09. The van der Waals surface area contributed by atoms with Crippen molar-refractivity contribution in [3.05, 3.63) is 48.0 Å². The van der Waals surface area contributed by atoms with E-state index >= 15 is 0 Å². The van der Waals surface area contributed by atoms with Crippen LogP contribution in [0, 0.1) is 17.7 Å². The normalized spacial score (nSPS) is 24.9. The Balaban J connectivity index is 1.58. The number of pyridine rings is 1. The number of methoxy groups -OCH3 is 1. The van der Waals surface area contributed by atoms with Crippen molar-refractivity contribution < 1.29 is 9.13 Å². The topological polar surface area (TPSA) is 49.9 Å². The molecule has 0 radical (unpaired) electrons. The Hall–Kier alpha value is -2.40. The summed E-state index contributed by atoms with van der Waals surface area (Å²) in [6.07, 6.45) is 4.22. The van der Waals surface area contributed by atoms with Gasteiger partial charge in [0, 0.05) is 22.8 Å². The highest BCUT2D eigenvalue weighted by atomic mass is 19.1. The molecule has 5 heteroatoms. The zero-order chi connectivity index (χ0) is 17.7. The van der Waals surface area contributed by atoms with E-state index in [1.165, 1.54) is 30.7 Å². The first-order chi connectivity index (χ1) is 12.7. The monoisotopic (exact) mass is 351 g/mol. The van der Waals surface area contributed by atoms with Gasteiger partial charge in [-0.3, -0.25) is 0 Å². The Morgan fingerprint density at radius 2 is 1.88 bits per heavy atom. The lowest BCUT2D eigenvalue weighted by atomic mass is 9.99. The second-order valence-electron chi connectivity index (χ2n) is 7.54. The number of hydrogen-bond donors (Lipinski definition) is 2. The third kappa shape index (κ3) is 2.50. The van der Waals surface area contributed by atoms with Crippen LogP contribution in [0.4, 0.5) is 4.39 Å². The molecule has 134 valence electrons. The summed E-state index contributed by atoms with van der Waals surface area (Å²) in [5.41, 5.74) is 3.83. The average Bonchev–Trinajstić information content (AvgIpc) is 3.34. The highest BCUT2D eigenvalue weighted by molar-refractivity contribution is 5.95. The fourth-order valence-electron chi connectivity index (χ4n) is 4.81. The van der Waals surface area contributed by atoms with Gasteiger partial charge in [-0.1, -0.05) is 0 Å². The lowest BCUT2D eigenvalue weighted by molar-refractivity contribution is 0.415. The molecule has 2 aromatic heterocycles. The SMILES string of the molecule is COc1ccc(F)cc1-c1ccnc2[nH]c(C3CC4CNCC4C3)cc12. The summed E-state index contributed by atoms with van der Waals surface area (Å²) in [4.78, 5) is 8.03. The smallest absolute Gasteiger partial charge is 0.138 e. The molecule has 2 atom stereocenters. The number of halogens is 1. The van der Waals surface area contributed by atoms with Crippen LogP contribution in [-0.4, -0.2) is 30.2 Å². The number of benzene rings is 1. The fraction of sp³-hybridized carbons (Fsp3) is 0.381. The van der Waals surface area contributed by atoms with Crippen molar-refractivity contribution in [2.45, 2.75) is 18.8 Å². The summed E-state index contributed by atoms with van der Waals surface area (Å²) in [6, 6.07) is 8.78. The third-order valence-corrected chi connectivity index (χ3v) is 6.10. The first-order valence-corrected chi connectivity index (χ1v) is 9.25. The molecule has 1 saturated carbocycles. The van der Waals surface area contributed by atoms with E-state index in [0.29, 0.717) is 11.7 Å². The van der Waals surface area contributed by atoms with Gasteiger partial charge < -0.3 is 15.0 Å². The van der Waals surface area contributed by atoms with Gasteiger partial charge in [-0.2, -0.15) is 0 Å². The number of rotatable bonds is 3. The van der Waals surface area contributed by atoms with Gasteiger partial charge in [0.15, 0.2) is 0 Å². The molecule has 1 saturated heterocycles. The van der Waals surface area contributed by atoms with Gasteiger partial charge in [0.05, 0.1) is 7.11 Å². The number of aromatic amines is 1. The number of H-pyrrole nitrogens is 1. The molecular formula is C21H22FN3O. The number of hydrogen-bond acceptors (Lipinski definition) is 3. The van der Waals surface area contributed by atoms with Crippen LogP contribution >= 0.6 is 0 Å². The van der Waals surface area contributed by atoms with Crippen LogP contribution in [-0.2, 0) is 0 Å². The first kappa shape index (κ1) is 15.8. The second-order valence-corrected chi connectivity index (χ2v) is 7.54. The van der Waals surface area contributed by atoms with Gasteiger partial charge in [0.2, 0.25) is 0 Å². The molecule has 0 bridgehead atoms. The molecular weight excluding hydrogens is 329 g/mol. The zero-order valence-electron chi connectivity index (χ0n) is 14.8. The minimum atomic E-state index is -0.266. The van der Waals surface area contributed by atoms with E-state index in [4.69, 9.17) is 4.74 Å². The van der Waals surface area contributed by atoms with E-state index in [1.54, 1.807) is 19.4 Å². The number of nitrogens with one attached hydrogen (secondary N) is 2. The van der Waals surface area contributed by atoms with E-state index < -0.39 is 0 Å². The van der Waals surface area contributed by atoms with Crippen molar-refractivity contribution in [3.8, 4) is 16.9 Å². The Morgan fingerprint density at radius 1 is 1.08 bits per heavy atom. The molecule has 2 aliphatic rings. The van der Waals surface area contributed by atoms with Crippen molar-refractivity contribution in [3.63, 3.8) is 0 Å². The predicted molar refractivity (Wildman–Crippen MR) is 99.9 cm³/mol. The summed E-state index contributed by atoms with van der Waals surface area (Å²) in [5, 5.41) is 4.53. The van der Waals surface area contributed by atoms with Gasteiger partial charge in [0.25, 0.3) is 0 Å². The van der Waals surface area contributed by atoms with E-state index in [2.05, 4.69) is 21.4 Å². The van der Waals surface area contributed by atoms with Crippen LogP contribution in [0.3, 0.4) is 0 Å². The Bertz CT molecular complexity index is 955. The van der Waals surface area contributed by atoms with Gasteiger partial charge in [-0.15, -0.1) is 0 Å². The fourth-order valence-corrected chi connectivity index (χ4v) is 4.81.